The molecule has 2 aromatic rings. The maximum Gasteiger partial charge on any atom is 0.338 e. The first-order chi connectivity index (χ1) is 14.1. The van der Waals surface area contributed by atoms with E-state index in [0.717, 1.165) is 29.2 Å². The van der Waals surface area contributed by atoms with E-state index in [4.69, 9.17) is 9.47 Å². The van der Waals surface area contributed by atoms with Crippen molar-refractivity contribution < 1.29 is 19.1 Å². The topological polar surface area (TPSA) is 52.6 Å². The highest BCUT2D eigenvalue weighted by Crippen LogP contribution is 3.03. The summed E-state index contributed by atoms with van der Waals surface area (Å²) in [6, 6.07) is 16.3. The zero-order valence-corrected chi connectivity index (χ0v) is 16.7. The molecule has 6 atom stereocenters. The normalized spacial score (nSPS) is 36.8. The van der Waals surface area contributed by atoms with E-state index in [9.17, 15) is 9.59 Å². The van der Waals surface area contributed by atoms with Crippen molar-refractivity contribution in [3.63, 3.8) is 0 Å². The molecule has 0 aliphatic heterocycles. The fraction of sp³-hybridized carbons (Fsp3) is 0.440. The number of esters is 1. The number of carbonyl (C=O) groups excluding carboxylic acids is 2. The molecule has 5 aliphatic rings. The average Bonchev–Trinajstić information content (AvgIpc) is 3.38. The standard InChI is InChI=1S/C25H24O4/c1-14(26)15-5-3-7-17(11-15)24-19-13-20-22(21(19)24)25(20,24)18-8-4-6-16(12-18)23(27)29-10-9-28-2/h3-8,11-12,19-22H,9-10,13H2,1-2H3. The highest BCUT2D eigenvalue weighted by molar-refractivity contribution is 5.94. The first-order valence-electron chi connectivity index (χ1n) is 10.5. The minimum Gasteiger partial charge on any atom is -0.460 e. The predicted molar refractivity (Wildman–Crippen MR) is 107 cm³/mol. The van der Waals surface area contributed by atoms with Gasteiger partial charge in [0.15, 0.2) is 5.78 Å². The Bertz CT molecular complexity index is 1050. The molecule has 0 N–H and O–H groups in total. The highest BCUT2D eigenvalue weighted by atomic mass is 16.6. The summed E-state index contributed by atoms with van der Waals surface area (Å²) in [7, 11) is 1.59. The summed E-state index contributed by atoms with van der Waals surface area (Å²) < 4.78 is 10.3. The summed E-state index contributed by atoms with van der Waals surface area (Å²) in [6.07, 6.45) is 1.28. The van der Waals surface area contributed by atoms with Crippen LogP contribution < -0.4 is 0 Å². The van der Waals surface area contributed by atoms with Crippen molar-refractivity contribution in [2.24, 2.45) is 23.7 Å². The fourth-order valence-corrected chi connectivity index (χ4v) is 7.54. The van der Waals surface area contributed by atoms with Gasteiger partial charge in [-0.3, -0.25) is 4.79 Å². The van der Waals surface area contributed by atoms with Crippen LogP contribution in [0.5, 0.6) is 0 Å². The number of rotatable bonds is 7. The quantitative estimate of drug-likeness (QED) is 0.412. The largest absolute Gasteiger partial charge is 0.460 e. The van der Waals surface area contributed by atoms with Gasteiger partial charge in [0.2, 0.25) is 0 Å². The van der Waals surface area contributed by atoms with Crippen LogP contribution in [0.2, 0.25) is 0 Å². The maximum atomic E-state index is 12.5. The Morgan fingerprint density at radius 2 is 1.52 bits per heavy atom. The molecule has 2 bridgehead atoms. The summed E-state index contributed by atoms with van der Waals surface area (Å²) >= 11 is 0. The molecule has 7 rings (SSSR count). The van der Waals surface area contributed by atoms with Crippen LogP contribution in [-0.4, -0.2) is 32.1 Å². The van der Waals surface area contributed by atoms with E-state index in [2.05, 4.69) is 24.3 Å². The van der Waals surface area contributed by atoms with Crippen molar-refractivity contribution in [2.45, 2.75) is 24.2 Å². The van der Waals surface area contributed by atoms with Crippen molar-refractivity contribution in [1.82, 2.24) is 0 Å². The van der Waals surface area contributed by atoms with Crippen LogP contribution in [0.25, 0.3) is 0 Å². The second kappa shape index (κ2) is 5.57. The van der Waals surface area contributed by atoms with Crippen LogP contribution in [0.4, 0.5) is 0 Å². The second-order valence-corrected chi connectivity index (χ2v) is 9.08. The van der Waals surface area contributed by atoms with E-state index >= 15 is 0 Å². The van der Waals surface area contributed by atoms with E-state index in [1.54, 1.807) is 14.0 Å². The molecule has 0 amide bonds. The molecule has 4 nitrogen and oxygen atoms in total. The lowest BCUT2D eigenvalue weighted by atomic mass is 9.64. The molecule has 0 aromatic heterocycles. The third-order valence-corrected chi connectivity index (χ3v) is 8.29. The van der Waals surface area contributed by atoms with Crippen molar-refractivity contribution >= 4 is 11.8 Å². The molecule has 0 spiro atoms. The smallest absolute Gasteiger partial charge is 0.338 e. The van der Waals surface area contributed by atoms with Gasteiger partial charge in [-0.25, -0.2) is 4.79 Å². The number of hydrogen-bond acceptors (Lipinski definition) is 4. The van der Waals surface area contributed by atoms with Gasteiger partial charge in [0.25, 0.3) is 0 Å². The SMILES string of the molecule is COCCOC(=O)c1cccc(C23C4CC5C(C42)C53c2cccc(C(C)=O)c2)c1. The first kappa shape index (κ1) is 17.4. The molecule has 148 valence electrons. The molecule has 0 radical (unpaired) electrons. The number of benzene rings is 2. The van der Waals surface area contributed by atoms with Gasteiger partial charge in [-0.05, 0) is 66.3 Å². The molecule has 5 aliphatic carbocycles. The van der Waals surface area contributed by atoms with Gasteiger partial charge >= 0.3 is 5.97 Å². The lowest BCUT2D eigenvalue weighted by Crippen LogP contribution is -2.39. The lowest BCUT2D eigenvalue weighted by Gasteiger charge is -2.38. The lowest BCUT2D eigenvalue weighted by molar-refractivity contribution is 0.0387. The van der Waals surface area contributed by atoms with Gasteiger partial charge in [-0.2, -0.15) is 0 Å². The Morgan fingerprint density at radius 3 is 2.07 bits per heavy atom. The zero-order chi connectivity index (χ0) is 20.0. The van der Waals surface area contributed by atoms with Crippen LogP contribution in [-0.2, 0) is 20.3 Å². The number of ketones is 1. The average molecular weight is 388 g/mol. The van der Waals surface area contributed by atoms with Gasteiger partial charge in [-0.15, -0.1) is 0 Å². The number of Topliss-reactive ketones (excluding diaryl/α,β-unsaturated/α-hetero) is 1. The number of hydrogen-bond donors (Lipinski definition) is 0. The predicted octanol–water partition coefficient (Wildman–Crippen LogP) is 3.78. The molecule has 29 heavy (non-hydrogen) atoms. The van der Waals surface area contributed by atoms with Crippen LogP contribution in [0.15, 0.2) is 48.5 Å². The summed E-state index contributed by atoms with van der Waals surface area (Å²) in [5.74, 6) is 2.79. The van der Waals surface area contributed by atoms with Gasteiger partial charge in [0.1, 0.15) is 6.61 Å². The molecule has 2 aromatic carbocycles. The van der Waals surface area contributed by atoms with Gasteiger partial charge in [0, 0.05) is 23.5 Å². The fourth-order valence-electron chi connectivity index (χ4n) is 7.54. The van der Waals surface area contributed by atoms with Crippen molar-refractivity contribution in [3.05, 3.63) is 70.8 Å². The minimum atomic E-state index is -0.288. The van der Waals surface area contributed by atoms with Crippen LogP contribution in [0.3, 0.4) is 0 Å². The summed E-state index contributed by atoms with van der Waals surface area (Å²) in [5.41, 5.74) is 4.34. The Hall–Kier alpha value is -2.46. The van der Waals surface area contributed by atoms with Gasteiger partial charge in [-0.1, -0.05) is 30.3 Å². The summed E-state index contributed by atoms with van der Waals surface area (Å²) in [6.45, 7) is 2.30. The Labute approximate surface area is 170 Å². The summed E-state index contributed by atoms with van der Waals surface area (Å²) in [5, 5.41) is 0. The molecule has 5 fully saturated rings. The second-order valence-electron chi connectivity index (χ2n) is 9.08. The van der Waals surface area contributed by atoms with Crippen LogP contribution in [0, 0.1) is 23.7 Å². The molecular weight excluding hydrogens is 364 g/mol. The van der Waals surface area contributed by atoms with E-state index in [1.807, 2.05) is 24.3 Å². The molecule has 0 heterocycles. The molecule has 5 saturated carbocycles. The number of methoxy groups -OCH3 is 1. The zero-order valence-electron chi connectivity index (χ0n) is 16.7. The van der Waals surface area contributed by atoms with Gasteiger partial charge < -0.3 is 9.47 Å². The summed E-state index contributed by atoms with van der Waals surface area (Å²) in [4.78, 5) is 24.4. The number of carbonyl (C=O) groups is 2. The molecule has 0 saturated heterocycles. The third-order valence-electron chi connectivity index (χ3n) is 8.29. The van der Waals surface area contributed by atoms with E-state index in [0.29, 0.717) is 12.2 Å². The monoisotopic (exact) mass is 388 g/mol. The highest BCUT2D eigenvalue weighted by Gasteiger charge is 3.04. The maximum absolute atomic E-state index is 12.5. The van der Waals surface area contributed by atoms with Crippen LogP contribution in [0.1, 0.15) is 45.2 Å². The van der Waals surface area contributed by atoms with E-state index in [-0.39, 0.29) is 29.2 Å². The molecular formula is C25H24O4. The van der Waals surface area contributed by atoms with E-state index < -0.39 is 0 Å². The first-order valence-corrected chi connectivity index (χ1v) is 10.5. The Kier molecular flexibility index (Phi) is 3.34. The van der Waals surface area contributed by atoms with Crippen LogP contribution >= 0.6 is 0 Å². The molecule has 6 unspecified atom stereocenters. The van der Waals surface area contributed by atoms with Crippen molar-refractivity contribution in [2.75, 3.05) is 20.3 Å². The number of ether oxygens (including phenoxy) is 2. The van der Waals surface area contributed by atoms with Crippen molar-refractivity contribution in [1.29, 1.82) is 0 Å². The Balaban J connectivity index is 1.36. The van der Waals surface area contributed by atoms with Gasteiger partial charge in [0.05, 0.1) is 12.2 Å². The molecule has 4 heteroatoms. The van der Waals surface area contributed by atoms with E-state index in [1.165, 1.54) is 17.5 Å². The minimum absolute atomic E-state index is 0.120. The van der Waals surface area contributed by atoms with Crippen molar-refractivity contribution in [3.8, 4) is 0 Å². The third kappa shape index (κ3) is 1.85. The Morgan fingerprint density at radius 1 is 0.931 bits per heavy atom.